The summed E-state index contributed by atoms with van der Waals surface area (Å²) in [5.41, 5.74) is 3.56. The fourth-order valence-electron chi connectivity index (χ4n) is 9.27. The number of aliphatic hydroxyl groups is 2. The third-order valence-electron chi connectivity index (χ3n) is 12.1. The van der Waals surface area contributed by atoms with E-state index in [4.69, 9.17) is 28.9 Å². The van der Waals surface area contributed by atoms with E-state index in [1.165, 1.54) is 29.2 Å². The van der Waals surface area contributed by atoms with Gasteiger partial charge in [-0.2, -0.15) is 0 Å². The number of hydrogen-bond donors (Lipinski definition) is 2. The van der Waals surface area contributed by atoms with Crippen molar-refractivity contribution < 1.29 is 48.5 Å². The molecule has 0 spiro atoms. The van der Waals surface area contributed by atoms with Crippen molar-refractivity contribution in [3.63, 3.8) is 0 Å². The van der Waals surface area contributed by atoms with Gasteiger partial charge in [0, 0.05) is 55.9 Å². The molecule has 1 aliphatic heterocycles. The zero-order valence-corrected chi connectivity index (χ0v) is 35.3. The third-order valence-corrected chi connectivity index (χ3v) is 12.1. The van der Waals surface area contributed by atoms with Gasteiger partial charge in [0.1, 0.15) is 41.9 Å². The molecule has 330 valence electrons. The van der Waals surface area contributed by atoms with Crippen molar-refractivity contribution in [2.45, 2.75) is 69.3 Å². The van der Waals surface area contributed by atoms with Crippen LogP contribution in [0.1, 0.15) is 72.3 Å². The summed E-state index contributed by atoms with van der Waals surface area (Å²) in [6.45, 7) is 4.34. The van der Waals surface area contributed by atoms with Gasteiger partial charge in [-0.05, 0) is 91.1 Å². The molecule has 0 radical (unpaired) electrons. The van der Waals surface area contributed by atoms with Crippen molar-refractivity contribution in [2.24, 2.45) is 22.9 Å². The van der Waals surface area contributed by atoms with Crippen LogP contribution in [0.3, 0.4) is 0 Å². The largest absolute Gasteiger partial charge is 0.459 e. The Morgan fingerprint density at radius 2 is 1.68 bits per heavy atom. The minimum atomic E-state index is -1.54. The van der Waals surface area contributed by atoms with Gasteiger partial charge < -0.3 is 38.9 Å². The highest BCUT2D eigenvalue weighted by Crippen LogP contribution is 2.62. The number of carbonyl (C=O) groups excluding carboxylic acids is 2. The number of nitrogens with zero attached hydrogens (tertiary/aromatic N) is 3. The van der Waals surface area contributed by atoms with Gasteiger partial charge in [-0.15, -0.1) is 6.58 Å². The SMILES string of the molecule is C=CCO[C@@]12Oc3ccc(Oc4cccc(C=O)c4)cc3[C@H]3[C@H](CCCCO)[C@@H](CCCCO)C=C(C(=NOCc4ccccc4)C[C@@H]1N(C)C(=O)Oc1ccc([N+](=O)[O-])cc1)[C@H]32. The number of rotatable bonds is 20. The summed E-state index contributed by atoms with van der Waals surface area (Å²) < 4.78 is 26.4. The molecule has 7 rings (SSSR count). The topological polar surface area (TPSA) is 179 Å². The number of likely N-dealkylation sites (N-methyl/N-ethyl adjacent to an activating group) is 1. The summed E-state index contributed by atoms with van der Waals surface area (Å²) in [5, 5.41) is 36.0. The number of carbonyl (C=O) groups is 2. The lowest BCUT2D eigenvalue weighted by atomic mass is 9.55. The predicted octanol–water partition coefficient (Wildman–Crippen LogP) is 9.16. The lowest BCUT2D eigenvalue weighted by Crippen LogP contribution is -2.69. The van der Waals surface area contributed by atoms with Crippen molar-refractivity contribution in [1.29, 1.82) is 0 Å². The maximum absolute atomic E-state index is 14.3. The number of ether oxygens (including phenoxy) is 4. The highest BCUT2D eigenvalue weighted by Gasteiger charge is 2.65. The van der Waals surface area contributed by atoms with E-state index in [9.17, 15) is 29.9 Å². The Hall–Kier alpha value is -6.35. The molecular weight excluding hydrogens is 807 g/mol. The summed E-state index contributed by atoms with van der Waals surface area (Å²) in [6, 6.07) is 26.6. The molecule has 0 saturated heterocycles. The average Bonchev–Trinajstić information content (AvgIpc) is 3.30. The van der Waals surface area contributed by atoms with Crippen LogP contribution < -0.4 is 14.2 Å². The van der Waals surface area contributed by atoms with Crippen LogP contribution in [0.5, 0.6) is 23.0 Å². The maximum atomic E-state index is 14.3. The number of non-ortho nitro benzene ring substituents is 1. The first-order valence-electron chi connectivity index (χ1n) is 21.4. The lowest BCUT2D eigenvalue weighted by molar-refractivity contribution is -0.384. The molecule has 3 aliphatic rings. The Morgan fingerprint density at radius 3 is 2.40 bits per heavy atom. The standard InChI is InChI=1S/C49H53N3O11/c1-3-26-59-49-45(51(2)48(56)62-37-20-18-36(19-21-37)52(57)58)30-43(50-60-32-33-12-5-4-6-13-33)41-28-35(15-7-9-24-53)40(17-8-10-25-54)46(47(41)49)42-29-39(22-23-44(42)63-49)61-38-16-11-14-34(27-38)31-55/h3-6,11-14,16,18-23,27-29,31,35,40,45-47,53-54H,1,7-10,15,17,24-26,30,32H2,2H3/t35-,40+,45-,46+,47+,49+/m0/s1. The highest BCUT2D eigenvalue weighted by atomic mass is 16.7. The number of fused-ring (bicyclic) bond motifs is 2. The van der Waals surface area contributed by atoms with Crippen LogP contribution in [-0.4, -0.2) is 76.8 Å². The molecule has 1 amide bonds. The molecule has 1 saturated carbocycles. The summed E-state index contributed by atoms with van der Waals surface area (Å²) in [5.74, 6) is -0.813. The van der Waals surface area contributed by atoms with E-state index in [2.05, 4.69) is 12.7 Å². The van der Waals surface area contributed by atoms with Crippen LogP contribution in [0.2, 0.25) is 0 Å². The molecule has 2 aliphatic carbocycles. The molecule has 6 atom stereocenters. The minimum Gasteiger partial charge on any atom is -0.459 e. The molecule has 14 nitrogen and oxygen atoms in total. The number of unbranched alkanes of at least 4 members (excludes halogenated alkanes) is 2. The number of amides is 1. The molecule has 63 heavy (non-hydrogen) atoms. The van der Waals surface area contributed by atoms with Gasteiger partial charge in [-0.25, -0.2) is 4.79 Å². The maximum Gasteiger partial charge on any atom is 0.415 e. The van der Waals surface area contributed by atoms with Crippen molar-refractivity contribution in [3.8, 4) is 23.0 Å². The first-order valence-corrected chi connectivity index (χ1v) is 21.4. The fourth-order valence-corrected chi connectivity index (χ4v) is 9.27. The molecule has 2 N–H and O–H groups in total. The monoisotopic (exact) mass is 859 g/mol. The van der Waals surface area contributed by atoms with E-state index in [-0.39, 0.29) is 62.0 Å². The number of aldehydes is 1. The smallest absolute Gasteiger partial charge is 0.415 e. The van der Waals surface area contributed by atoms with E-state index in [0.717, 1.165) is 48.7 Å². The number of hydrogen-bond acceptors (Lipinski definition) is 12. The Bertz CT molecular complexity index is 2300. The minimum absolute atomic E-state index is 0.00380. The second-order valence-corrected chi connectivity index (χ2v) is 16.1. The molecule has 4 aromatic carbocycles. The summed E-state index contributed by atoms with van der Waals surface area (Å²) in [4.78, 5) is 44.3. The Labute approximate surface area is 366 Å². The molecule has 1 fully saturated rings. The number of nitro groups is 1. The third kappa shape index (κ3) is 9.99. The van der Waals surface area contributed by atoms with Gasteiger partial charge in [0.2, 0.25) is 5.79 Å². The normalized spacial score (nSPS) is 22.7. The second-order valence-electron chi connectivity index (χ2n) is 16.1. The molecular formula is C49H53N3O11. The quantitative estimate of drug-likeness (QED) is 0.0285. The first kappa shape index (κ1) is 44.7. The van der Waals surface area contributed by atoms with Gasteiger partial charge in [-0.1, -0.05) is 72.6 Å². The zero-order valence-electron chi connectivity index (χ0n) is 35.3. The molecule has 1 heterocycles. The molecule has 0 unspecified atom stereocenters. The van der Waals surface area contributed by atoms with Crippen molar-refractivity contribution in [3.05, 3.63) is 148 Å². The zero-order chi connectivity index (χ0) is 44.3. The van der Waals surface area contributed by atoms with E-state index in [1.54, 1.807) is 43.5 Å². The van der Waals surface area contributed by atoms with Crippen LogP contribution in [0, 0.1) is 27.9 Å². The number of nitro benzene ring substituents is 1. The van der Waals surface area contributed by atoms with E-state index in [0.29, 0.717) is 41.4 Å². The van der Waals surface area contributed by atoms with Gasteiger partial charge in [0.05, 0.1) is 23.2 Å². The van der Waals surface area contributed by atoms with Gasteiger partial charge in [0.15, 0.2) is 0 Å². The van der Waals surface area contributed by atoms with E-state index < -0.39 is 28.8 Å². The van der Waals surface area contributed by atoms with Crippen LogP contribution in [-0.2, 0) is 16.2 Å². The Morgan fingerprint density at radius 1 is 0.952 bits per heavy atom. The second kappa shape index (κ2) is 20.7. The Balaban J connectivity index is 1.39. The summed E-state index contributed by atoms with van der Waals surface area (Å²) in [7, 11) is 1.60. The average molecular weight is 860 g/mol. The van der Waals surface area contributed by atoms with E-state index >= 15 is 0 Å². The summed E-state index contributed by atoms with van der Waals surface area (Å²) >= 11 is 0. The van der Waals surface area contributed by atoms with Gasteiger partial charge in [-0.3, -0.25) is 14.9 Å². The highest BCUT2D eigenvalue weighted by molar-refractivity contribution is 6.03. The summed E-state index contributed by atoms with van der Waals surface area (Å²) in [6.07, 6.45) is 8.28. The van der Waals surface area contributed by atoms with Crippen molar-refractivity contribution >= 4 is 23.8 Å². The van der Waals surface area contributed by atoms with Crippen molar-refractivity contribution in [2.75, 3.05) is 26.9 Å². The van der Waals surface area contributed by atoms with Gasteiger partial charge in [0.25, 0.3) is 5.69 Å². The predicted molar refractivity (Wildman–Crippen MR) is 235 cm³/mol. The molecule has 0 bridgehead atoms. The molecule has 4 aromatic rings. The molecule has 0 aromatic heterocycles. The number of aliphatic hydroxyl groups excluding tert-OH is 2. The Kier molecular flexibility index (Phi) is 14.7. The number of benzene rings is 4. The van der Waals surface area contributed by atoms with Crippen LogP contribution >= 0.6 is 0 Å². The fraction of sp³-hybridized carbons (Fsp3) is 0.367. The first-order chi connectivity index (χ1) is 30.7. The lowest BCUT2D eigenvalue weighted by Gasteiger charge is -2.59. The van der Waals surface area contributed by atoms with Crippen LogP contribution in [0.4, 0.5) is 10.5 Å². The van der Waals surface area contributed by atoms with Gasteiger partial charge >= 0.3 is 6.09 Å². The van der Waals surface area contributed by atoms with E-state index in [1.807, 2.05) is 42.5 Å². The van der Waals surface area contributed by atoms with Crippen molar-refractivity contribution in [1.82, 2.24) is 4.90 Å². The molecule has 14 heteroatoms. The van der Waals surface area contributed by atoms with Crippen LogP contribution in [0.25, 0.3) is 0 Å². The number of allylic oxidation sites excluding steroid dienone is 1. The van der Waals surface area contributed by atoms with Crippen LogP contribution in [0.15, 0.2) is 127 Å². The number of oxime groups is 1.